The molecule has 2 aliphatic rings. The predicted octanol–water partition coefficient (Wildman–Crippen LogP) is 3.49. The van der Waals surface area contributed by atoms with Crippen molar-refractivity contribution in [2.45, 2.75) is 26.8 Å². The lowest BCUT2D eigenvalue weighted by Crippen LogP contribution is -2.34. The van der Waals surface area contributed by atoms with Gasteiger partial charge in [0.05, 0.1) is 6.04 Å². The van der Waals surface area contributed by atoms with E-state index in [-0.39, 0.29) is 17.8 Å². The lowest BCUT2D eigenvalue weighted by Gasteiger charge is -2.30. The van der Waals surface area contributed by atoms with Crippen LogP contribution in [-0.2, 0) is 4.79 Å². The van der Waals surface area contributed by atoms with Gasteiger partial charge < -0.3 is 9.80 Å². The first kappa shape index (κ1) is 17.0. The van der Waals surface area contributed by atoms with Crippen LogP contribution < -0.4 is 4.90 Å². The second-order valence-corrected chi connectivity index (χ2v) is 7.54. The first-order valence-corrected chi connectivity index (χ1v) is 9.15. The summed E-state index contributed by atoms with van der Waals surface area (Å²) in [5.41, 5.74) is 4.38. The first-order valence-electron chi connectivity index (χ1n) is 9.15. The lowest BCUT2D eigenvalue weighted by atomic mass is 9.89. The first-order chi connectivity index (χ1) is 12.5. The molecule has 2 aromatic rings. The van der Waals surface area contributed by atoms with Crippen molar-refractivity contribution < 1.29 is 9.18 Å². The number of aryl methyl sites for hydroxylation is 1. The van der Waals surface area contributed by atoms with Crippen molar-refractivity contribution >= 4 is 11.6 Å². The van der Waals surface area contributed by atoms with Gasteiger partial charge in [0.1, 0.15) is 5.82 Å². The fourth-order valence-corrected chi connectivity index (χ4v) is 4.65. The third-order valence-electron chi connectivity index (χ3n) is 6.03. The Kier molecular flexibility index (Phi) is 4.17. The van der Waals surface area contributed by atoms with Crippen LogP contribution in [-0.4, -0.2) is 35.4 Å². The molecule has 0 aliphatic carbocycles. The number of aromatic nitrogens is 1. The maximum absolute atomic E-state index is 13.8. The van der Waals surface area contributed by atoms with E-state index in [1.165, 1.54) is 17.3 Å². The number of halogens is 1. The molecule has 136 valence electrons. The average Bonchev–Trinajstić information content (AvgIpc) is 3.15. The van der Waals surface area contributed by atoms with E-state index in [0.717, 1.165) is 30.9 Å². The molecule has 0 unspecified atom stereocenters. The summed E-state index contributed by atoms with van der Waals surface area (Å²) in [5, 5.41) is 0. The van der Waals surface area contributed by atoms with Crippen LogP contribution in [0.2, 0.25) is 0 Å². The van der Waals surface area contributed by atoms with E-state index >= 15 is 0 Å². The van der Waals surface area contributed by atoms with Crippen molar-refractivity contribution in [3.63, 3.8) is 0 Å². The van der Waals surface area contributed by atoms with Crippen molar-refractivity contribution in [1.82, 2.24) is 9.88 Å². The highest BCUT2D eigenvalue weighted by Crippen LogP contribution is 2.46. The zero-order valence-electron chi connectivity index (χ0n) is 15.4. The van der Waals surface area contributed by atoms with Crippen LogP contribution in [0.15, 0.2) is 36.5 Å². The number of anilines is 1. The number of likely N-dealkylation sites (tertiary alicyclic amines) is 1. The molecular formula is C21H24FN3O. The second-order valence-electron chi connectivity index (χ2n) is 7.54. The van der Waals surface area contributed by atoms with Crippen molar-refractivity contribution in [3.05, 3.63) is 59.2 Å². The Morgan fingerprint density at radius 2 is 2.00 bits per heavy atom. The molecule has 0 radical (unpaired) electrons. The SMILES string of the molecule is CC(=O)N1C[C@H]2CN(c3ccnc(C)c3C)C[C@H]2[C@H]1c1cccc(F)c1. The van der Waals surface area contributed by atoms with Crippen LogP contribution in [0.1, 0.15) is 29.8 Å². The maximum Gasteiger partial charge on any atom is 0.219 e. The summed E-state index contributed by atoms with van der Waals surface area (Å²) in [6.45, 7) is 8.28. The average molecular weight is 353 g/mol. The van der Waals surface area contributed by atoms with Gasteiger partial charge in [0.2, 0.25) is 5.91 Å². The molecule has 2 saturated heterocycles. The van der Waals surface area contributed by atoms with Crippen molar-refractivity contribution in [1.29, 1.82) is 0 Å². The summed E-state index contributed by atoms with van der Waals surface area (Å²) in [6, 6.07) is 8.73. The minimum Gasteiger partial charge on any atom is -0.370 e. The summed E-state index contributed by atoms with van der Waals surface area (Å²) < 4.78 is 13.8. The van der Waals surface area contributed by atoms with Gasteiger partial charge in [-0.05, 0) is 43.2 Å². The maximum atomic E-state index is 13.8. The minimum absolute atomic E-state index is 0.0542. The molecule has 4 rings (SSSR count). The number of carbonyl (C=O) groups is 1. The fraction of sp³-hybridized carbons (Fsp3) is 0.429. The number of rotatable bonds is 2. The van der Waals surface area contributed by atoms with Gasteiger partial charge >= 0.3 is 0 Å². The number of pyridine rings is 1. The van der Waals surface area contributed by atoms with Crippen LogP contribution in [0.5, 0.6) is 0 Å². The molecule has 2 fully saturated rings. The summed E-state index contributed by atoms with van der Waals surface area (Å²) in [4.78, 5) is 20.9. The summed E-state index contributed by atoms with van der Waals surface area (Å²) in [5.74, 6) is 0.537. The van der Waals surface area contributed by atoms with Crippen LogP contribution in [0, 0.1) is 31.5 Å². The molecule has 1 aromatic carbocycles. The number of benzene rings is 1. The molecule has 26 heavy (non-hydrogen) atoms. The van der Waals surface area contributed by atoms with E-state index in [4.69, 9.17) is 0 Å². The zero-order valence-corrected chi connectivity index (χ0v) is 15.4. The Balaban J connectivity index is 1.66. The molecule has 3 heterocycles. The summed E-state index contributed by atoms with van der Waals surface area (Å²) in [7, 11) is 0. The number of carbonyl (C=O) groups excluding carboxylic acids is 1. The number of amides is 1. The third-order valence-corrected chi connectivity index (χ3v) is 6.03. The topological polar surface area (TPSA) is 36.4 Å². The molecule has 0 bridgehead atoms. The third kappa shape index (κ3) is 2.75. The molecular weight excluding hydrogens is 329 g/mol. The van der Waals surface area contributed by atoms with Crippen LogP contribution >= 0.6 is 0 Å². The number of nitrogens with zero attached hydrogens (tertiary/aromatic N) is 3. The summed E-state index contributed by atoms with van der Waals surface area (Å²) >= 11 is 0. The molecule has 1 aromatic heterocycles. The molecule has 0 spiro atoms. The lowest BCUT2D eigenvalue weighted by molar-refractivity contribution is -0.130. The molecule has 0 saturated carbocycles. The van der Waals surface area contributed by atoms with Gasteiger partial charge in [-0.2, -0.15) is 0 Å². The Hall–Kier alpha value is -2.43. The van der Waals surface area contributed by atoms with E-state index in [1.54, 1.807) is 19.1 Å². The van der Waals surface area contributed by atoms with Gasteiger partial charge in [0, 0.05) is 56.0 Å². The molecule has 2 aliphatic heterocycles. The molecule has 0 N–H and O–H groups in total. The predicted molar refractivity (Wildman–Crippen MR) is 99.4 cm³/mol. The van der Waals surface area contributed by atoms with E-state index < -0.39 is 0 Å². The molecule has 1 amide bonds. The Bertz CT molecular complexity index is 853. The van der Waals surface area contributed by atoms with Crippen LogP contribution in [0.4, 0.5) is 10.1 Å². The fourth-order valence-electron chi connectivity index (χ4n) is 4.65. The van der Waals surface area contributed by atoms with Gasteiger partial charge in [-0.25, -0.2) is 4.39 Å². The Morgan fingerprint density at radius 1 is 1.19 bits per heavy atom. The highest BCUT2D eigenvalue weighted by molar-refractivity contribution is 5.74. The number of hydrogen-bond donors (Lipinski definition) is 0. The van der Waals surface area contributed by atoms with Gasteiger partial charge in [0.15, 0.2) is 0 Å². The quantitative estimate of drug-likeness (QED) is 0.829. The van der Waals surface area contributed by atoms with Gasteiger partial charge in [-0.1, -0.05) is 12.1 Å². The van der Waals surface area contributed by atoms with Crippen molar-refractivity contribution in [3.8, 4) is 0 Å². The Morgan fingerprint density at radius 3 is 2.73 bits per heavy atom. The standard InChI is InChI=1S/C21H24FN3O/c1-13-14(2)23-8-7-20(13)24-10-17-11-25(15(3)26)21(19(17)12-24)16-5-4-6-18(22)9-16/h4-9,17,19,21H,10-12H2,1-3H3/t17-,19-,21-/m1/s1. The van der Waals surface area contributed by atoms with Crippen LogP contribution in [0.25, 0.3) is 0 Å². The van der Waals surface area contributed by atoms with Crippen molar-refractivity contribution in [2.24, 2.45) is 11.8 Å². The normalized spacial score (nSPS) is 24.8. The van der Waals surface area contributed by atoms with E-state index in [0.29, 0.717) is 11.8 Å². The highest BCUT2D eigenvalue weighted by Gasteiger charge is 2.48. The van der Waals surface area contributed by atoms with Gasteiger partial charge in [0.25, 0.3) is 0 Å². The smallest absolute Gasteiger partial charge is 0.219 e. The largest absolute Gasteiger partial charge is 0.370 e. The highest BCUT2D eigenvalue weighted by atomic mass is 19.1. The van der Waals surface area contributed by atoms with Gasteiger partial charge in [-0.15, -0.1) is 0 Å². The van der Waals surface area contributed by atoms with E-state index in [1.807, 2.05) is 24.1 Å². The number of fused-ring (bicyclic) bond motifs is 1. The Labute approximate surface area is 153 Å². The summed E-state index contributed by atoms with van der Waals surface area (Å²) in [6.07, 6.45) is 1.86. The van der Waals surface area contributed by atoms with Crippen molar-refractivity contribution in [2.75, 3.05) is 24.5 Å². The second kappa shape index (κ2) is 6.38. The minimum atomic E-state index is -0.245. The van der Waals surface area contributed by atoms with E-state index in [9.17, 15) is 9.18 Å². The van der Waals surface area contributed by atoms with Gasteiger partial charge in [-0.3, -0.25) is 9.78 Å². The zero-order chi connectivity index (χ0) is 18.4. The molecule has 3 atom stereocenters. The monoisotopic (exact) mass is 353 g/mol. The van der Waals surface area contributed by atoms with E-state index in [2.05, 4.69) is 22.9 Å². The van der Waals surface area contributed by atoms with Crippen LogP contribution in [0.3, 0.4) is 0 Å². The molecule has 5 heteroatoms. The molecule has 4 nitrogen and oxygen atoms in total. The number of hydrogen-bond acceptors (Lipinski definition) is 3.